The van der Waals surface area contributed by atoms with Crippen LogP contribution in [0.1, 0.15) is 5.56 Å². The molecule has 0 spiro atoms. The van der Waals surface area contributed by atoms with Gasteiger partial charge < -0.3 is 5.73 Å². The number of aromatic nitrogens is 2. The smallest absolute Gasteiger partial charge is 0.124 e. The minimum atomic E-state index is 0.709. The van der Waals surface area contributed by atoms with Crippen molar-refractivity contribution in [1.29, 1.82) is 0 Å². The van der Waals surface area contributed by atoms with Gasteiger partial charge in [-0.05, 0) is 47.7 Å². The number of nitrogen functional groups attached to an aromatic ring is 1. The third-order valence-corrected chi connectivity index (χ3v) is 3.88. The molecule has 1 heterocycles. The van der Waals surface area contributed by atoms with E-state index in [1.807, 2.05) is 20.0 Å². The first-order valence-electron chi connectivity index (χ1n) is 4.75. The van der Waals surface area contributed by atoms with E-state index in [9.17, 15) is 0 Å². The zero-order valence-electron chi connectivity index (χ0n) is 8.96. The van der Waals surface area contributed by atoms with Gasteiger partial charge in [-0.25, -0.2) is 0 Å². The number of nitrogens with zero attached hydrogens (tertiary/aromatic N) is 2. The molecule has 1 aromatic carbocycles. The molecule has 0 radical (unpaired) electrons. The van der Waals surface area contributed by atoms with E-state index >= 15 is 0 Å². The molecule has 0 amide bonds. The zero-order valence-corrected chi connectivity index (χ0v) is 12.7. The molecule has 3 nitrogen and oxygen atoms in total. The van der Waals surface area contributed by atoms with Crippen molar-refractivity contribution in [2.45, 2.75) is 6.92 Å². The second-order valence-electron chi connectivity index (χ2n) is 3.61. The van der Waals surface area contributed by atoms with Crippen LogP contribution in [0, 0.1) is 10.5 Å². The van der Waals surface area contributed by atoms with E-state index in [2.05, 4.69) is 55.8 Å². The molecule has 1 aromatic heterocycles. The zero-order chi connectivity index (χ0) is 11.9. The highest BCUT2D eigenvalue weighted by Gasteiger charge is 2.14. The molecule has 0 bridgehead atoms. The average Bonchev–Trinajstić information content (AvgIpc) is 2.50. The van der Waals surface area contributed by atoms with Crippen molar-refractivity contribution in [3.05, 3.63) is 31.8 Å². The lowest BCUT2D eigenvalue weighted by Gasteiger charge is -2.03. The highest BCUT2D eigenvalue weighted by atomic mass is 127. The topological polar surface area (TPSA) is 43.8 Å². The molecular weight excluding hydrogens is 381 g/mol. The molecule has 0 unspecified atom stereocenters. The number of rotatable bonds is 1. The van der Waals surface area contributed by atoms with Gasteiger partial charge in [0.1, 0.15) is 5.82 Å². The van der Waals surface area contributed by atoms with Gasteiger partial charge >= 0.3 is 0 Å². The van der Waals surface area contributed by atoms with Crippen LogP contribution >= 0.6 is 38.5 Å². The maximum atomic E-state index is 5.91. The van der Waals surface area contributed by atoms with Gasteiger partial charge in [0, 0.05) is 26.2 Å². The fraction of sp³-hybridized carbons (Fsp3) is 0.182. The predicted octanol–water partition coefficient (Wildman–Crippen LogP) is 3.34. The van der Waals surface area contributed by atoms with Crippen LogP contribution < -0.4 is 5.73 Å². The number of halogens is 2. The summed E-state index contributed by atoms with van der Waals surface area (Å²) in [5.41, 5.74) is 8.95. The summed E-state index contributed by atoms with van der Waals surface area (Å²) < 4.78 is 3.92. The van der Waals surface area contributed by atoms with E-state index in [0.717, 1.165) is 21.3 Å². The largest absolute Gasteiger partial charge is 0.384 e. The molecule has 0 atom stereocenters. The van der Waals surface area contributed by atoms with Crippen LogP contribution in [0.15, 0.2) is 22.7 Å². The molecule has 2 aromatic rings. The first-order chi connectivity index (χ1) is 7.50. The van der Waals surface area contributed by atoms with Gasteiger partial charge in [-0.2, -0.15) is 5.10 Å². The summed E-state index contributed by atoms with van der Waals surface area (Å²) in [5.74, 6) is 0.709. The van der Waals surface area contributed by atoms with E-state index in [0.29, 0.717) is 5.82 Å². The summed E-state index contributed by atoms with van der Waals surface area (Å²) in [6.45, 7) is 1.99. The Hall–Kier alpha value is -0.560. The van der Waals surface area contributed by atoms with Gasteiger partial charge in [-0.3, -0.25) is 4.68 Å². The number of nitrogens with two attached hydrogens (primary N) is 1. The maximum absolute atomic E-state index is 5.91. The van der Waals surface area contributed by atoms with Crippen molar-refractivity contribution in [2.75, 3.05) is 5.73 Å². The third kappa shape index (κ3) is 1.98. The second-order valence-corrected chi connectivity index (χ2v) is 5.71. The number of hydrogen-bond acceptors (Lipinski definition) is 2. The molecule has 0 aliphatic carbocycles. The van der Waals surface area contributed by atoms with Crippen molar-refractivity contribution in [1.82, 2.24) is 9.78 Å². The third-order valence-electron chi connectivity index (χ3n) is 2.52. The van der Waals surface area contributed by atoms with Crippen LogP contribution in [-0.2, 0) is 7.05 Å². The van der Waals surface area contributed by atoms with Crippen molar-refractivity contribution in [2.24, 2.45) is 7.05 Å². The molecule has 0 saturated carbocycles. The first kappa shape index (κ1) is 11.9. The van der Waals surface area contributed by atoms with E-state index < -0.39 is 0 Å². The van der Waals surface area contributed by atoms with Gasteiger partial charge in [0.05, 0.1) is 5.69 Å². The van der Waals surface area contributed by atoms with Crippen LogP contribution in [0.2, 0.25) is 0 Å². The first-order valence-corrected chi connectivity index (χ1v) is 6.62. The van der Waals surface area contributed by atoms with Gasteiger partial charge in [0.2, 0.25) is 0 Å². The van der Waals surface area contributed by atoms with Gasteiger partial charge in [0.25, 0.3) is 0 Å². The normalized spacial score (nSPS) is 10.8. The molecule has 0 aliphatic heterocycles. The summed E-state index contributed by atoms with van der Waals surface area (Å²) in [6, 6.07) is 6.18. The minimum absolute atomic E-state index is 0.709. The molecule has 0 saturated heterocycles. The Bertz CT molecular complexity index is 548. The lowest BCUT2D eigenvalue weighted by atomic mass is 10.1. The van der Waals surface area contributed by atoms with E-state index in [1.54, 1.807) is 4.68 Å². The van der Waals surface area contributed by atoms with E-state index in [4.69, 9.17) is 5.73 Å². The Morgan fingerprint density at radius 3 is 2.69 bits per heavy atom. The summed E-state index contributed by atoms with van der Waals surface area (Å²) in [5, 5.41) is 4.44. The number of aryl methyl sites for hydroxylation is 1. The number of hydrogen-bond donors (Lipinski definition) is 1. The Morgan fingerprint density at radius 2 is 2.12 bits per heavy atom. The van der Waals surface area contributed by atoms with Crippen LogP contribution in [0.5, 0.6) is 0 Å². The SMILES string of the molecule is Cc1c(-c2cc(I)ccc2Br)nn(C)c1N. The number of benzene rings is 1. The summed E-state index contributed by atoms with van der Waals surface area (Å²) in [6.07, 6.45) is 0. The highest BCUT2D eigenvalue weighted by Crippen LogP contribution is 2.32. The van der Waals surface area contributed by atoms with Gasteiger partial charge in [-0.15, -0.1) is 0 Å². The lowest BCUT2D eigenvalue weighted by Crippen LogP contribution is -1.97. The van der Waals surface area contributed by atoms with Crippen molar-refractivity contribution < 1.29 is 0 Å². The van der Waals surface area contributed by atoms with E-state index in [1.165, 1.54) is 3.57 Å². The molecule has 2 rings (SSSR count). The predicted molar refractivity (Wildman–Crippen MR) is 78.2 cm³/mol. The van der Waals surface area contributed by atoms with Crippen LogP contribution in [-0.4, -0.2) is 9.78 Å². The molecule has 5 heteroatoms. The Morgan fingerprint density at radius 1 is 1.44 bits per heavy atom. The van der Waals surface area contributed by atoms with Crippen molar-refractivity contribution in [3.63, 3.8) is 0 Å². The lowest BCUT2D eigenvalue weighted by molar-refractivity contribution is 0.782. The second kappa shape index (κ2) is 4.37. The van der Waals surface area contributed by atoms with Gasteiger partial charge in [0.15, 0.2) is 0 Å². The maximum Gasteiger partial charge on any atom is 0.124 e. The van der Waals surface area contributed by atoms with E-state index in [-0.39, 0.29) is 0 Å². The Labute approximate surface area is 116 Å². The Balaban J connectivity index is 2.67. The molecule has 2 N–H and O–H groups in total. The van der Waals surface area contributed by atoms with Crippen LogP contribution in [0.4, 0.5) is 5.82 Å². The molecule has 84 valence electrons. The summed E-state index contributed by atoms with van der Waals surface area (Å²) >= 11 is 5.83. The van der Waals surface area contributed by atoms with Crippen molar-refractivity contribution >= 4 is 44.3 Å². The fourth-order valence-electron chi connectivity index (χ4n) is 1.58. The summed E-state index contributed by atoms with van der Waals surface area (Å²) in [7, 11) is 1.85. The molecule has 0 fully saturated rings. The van der Waals surface area contributed by atoms with Crippen LogP contribution in [0.3, 0.4) is 0 Å². The monoisotopic (exact) mass is 391 g/mol. The average molecular weight is 392 g/mol. The van der Waals surface area contributed by atoms with Crippen molar-refractivity contribution in [3.8, 4) is 11.3 Å². The Kier molecular flexibility index (Phi) is 3.25. The molecule has 16 heavy (non-hydrogen) atoms. The minimum Gasteiger partial charge on any atom is -0.384 e. The molecule has 0 aliphatic rings. The summed E-state index contributed by atoms with van der Waals surface area (Å²) in [4.78, 5) is 0. The van der Waals surface area contributed by atoms with Crippen LogP contribution in [0.25, 0.3) is 11.3 Å². The van der Waals surface area contributed by atoms with Gasteiger partial charge in [-0.1, -0.05) is 15.9 Å². The fourth-order valence-corrected chi connectivity index (χ4v) is 2.50. The molecular formula is C11H11BrIN3. The standard InChI is InChI=1S/C11H11BrIN3/c1-6-10(15-16(2)11(6)14)8-5-7(13)3-4-9(8)12/h3-5H,14H2,1-2H3. The highest BCUT2D eigenvalue weighted by molar-refractivity contribution is 14.1. The number of anilines is 1. The quantitative estimate of drug-likeness (QED) is 0.757.